The van der Waals surface area contributed by atoms with Gasteiger partial charge in [-0.3, -0.25) is 18.8 Å². The molecule has 7 nitrogen and oxygen atoms in total. The molecule has 3 heterocycles. The normalized spacial score (nSPS) is 16.9. The highest BCUT2D eigenvalue weighted by Crippen LogP contribution is 2.37. The largest absolute Gasteiger partial charge is 0.322 e. The van der Waals surface area contributed by atoms with Gasteiger partial charge in [0.25, 0.3) is 5.56 Å². The van der Waals surface area contributed by atoms with E-state index in [1.165, 1.54) is 22.2 Å². The average molecular weight is 488 g/mol. The van der Waals surface area contributed by atoms with Crippen LogP contribution in [0.15, 0.2) is 9.95 Å². The van der Waals surface area contributed by atoms with Crippen LogP contribution in [0.5, 0.6) is 0 Å². The van der Waals surface area contributed by atoms with E-state index in [0.29, 0.717) is 23.5 Å². The number of amides is 1. The number of nitrogens with one attached hydrogen (secondary N) is 1. The number of carbonyl (C=O) groups excluding carboxylic acids is 1. The van der Waals surface area contributed by atoms with Crippen LogP contribution < -0.4 is 10.9 Å². The number of thiophene rings is 1. The lowest BCUT2D eigenvalue weighted by atomic mass is 9.89. The number of aromatic nitrogens is 4. The first-order valence-electron chi connectivity index (χ1n) is 11.6. The minimum Gasteiger partial charge on any atom is -0.322 e. The number of thioether (sulfide) groups is 1. The molecule has 0 aliphatic heterocycles. The van der Waals surface area contributed by atoms with Gasteiger partial charge in [0.1, 0.15) is 4.83 Å². The van der Waals surface area contributed by atoms with Gasteiger partial charge in [-0.05, 0) is 57.4 Å². The summed E-state index contributed by atoms with van der Waals surface area (Å²) in [5, 5.41) is 8.40. The maximum atomic E-state index is 13.6. The molecule has 2 atom stereocenters. The predicted octanol–water partition coefficient (Wildman–Crippen LogP) is 4.71. The molecule has 178 valence electrons. The third-order valence-electron chi connectivity index (χ3n) is 6.34. The highest BCUT2D eigenvalue weighted by atomic mass is 32.2. The summed E-state index contributed by atoms with van der Waals surface area (Å²) < 4.78 is 3.55. The summed E-state index contributed by atoms with van der Waals surface area (Å²) in [6.07, 6.45) is 3.08. The molecule has 2 unspecified atom stereocenters. The Balaban J connectivity index is 1.68. The van der Waals surface area contributed by atoms with Gasteiger partial charge in [0.2, 0.25) is 5.91 Å². The average Bonchev–Trinajstić information content (AvgIpc) is 3.21. The molecule has 0 saturated heterocycles. The Morgan fingerprint density at radius 3 is 2.67 bits per heavy atom. The lowest BCUT2D eigenvalue weighted by molar-refractivity contribution is -0.115. The van der Waals surface area contributed by atoms with Crippen molar-refractivity contribution in [2.75, 3.05) is 5.32 Å². The molecule has 0 aromatic carbocycles. The van der Waals surface area contributed by atoms with Crippen LogP contribution >= 0.6 is 23.1 Å². The first-order valence-corrected chi connectivity index (χ1v) is 13.3. The Kier molecular flexibility index (Phi) is 6.73. The van der Waals surface area contributed by atoms with Crippen molar-refractivity contribution in [3.8, 4) is 0 Å². The van der Waals surface area contributed by atoms with Crippen LogP contribution in [0.4, 0.5) is 5.69 Å². The fourth-order valence-corrected chi connectivity index (χ4v) is 6.75. The molecular weight excluding hydrogens is 454 g/mol. The topological polar surface area (TPSA) is 81.8 Å². The van der Waals surface area contributed by atoms with E-state index >= 15 is 0 Å². The Hall–Kier alpha value is -2.13. The van der Waals surface area contributed by atoms with E-state index in [-0.39, 0.29) is 11.5 Å². The molecule has 0 radical (unpaired) electrons. The molecule has 3 aromatic rings. The fourth-order valence-electron chi connectivity index (χ4n) is 4.41. The van der Waals surface area contributed by atoms with Gasteiger partial charge in [0.15, 0.2) is 5.16 Å². The molecule has 1 aliphatic carbocycles. The zero-order chi connectivity index (χ0) is 24.0. The molecule has 0 fully saturated rings. The van der Waals surface area contributed by atoms with E-state index in [0.717, 1.165) is 46.6 Å². The summed E-state index contributed by atoms with van der Waals surface area (Å²) in [6.45, 7) is 12.7. The van der Waals surface area contributed by atoms with Crippen molar-refractivity contribution in [2.45, 2.75) is 77.8 Å². The van der Waals surface area contributed by atoms with E-state index in [2.05, 4.69) is 31.2 Å². The van der Waals surface area contributed by atoms with E-state index in [4.69, 9.17) is 4.98 Å². The van der Waals surface area contributed by atoms with Crippen molar-refractivity contribution in [2.24, 2.45) is 18.9 Å². The van der Waals surface area contributed by atoms with Crippen LogP contribution in [-0.4, -0.2) is 30.5 Å². The second-order valence-electron chi connectivity index (χ2n) is 9.65. The van der Waals surface area contributed by atoms with Crippen molar-refractivity contribution in [3.63, 3.8) is 0 Å². The van der Waals surface area contributed by atoms with Gasteiger partial charge in [-0.2, -0.15) is 5.10 Å². The van der Waals surface area contributed by atoms with Gasteiger partial charge >= 0.3 is 0 Å². The van der Waals surface area contributed by atoms with Crippen molar-refractivity contribution >= 4 is 44.9 Å². The fraction of sp³-hybridized carbons (Fsp3) is 0.583. The van der Waals surface area contributed by atoms with Crippen LogP contribution in [0.25, 0.3) is 10.2 Å². The third kappa shape index (κ3) is 4.62. The number of aryl methyl sites for hydroxylation is 3. The monoisotopic (exact) mass is 487 g/mol. The maximum Gasteiger partial charge on any atom is 0.263 e. The van der Waals surface area contributed by atoms with Crippen LogP contribution in [0.1, 0.15) is 55.9 Å². The van der Waals surface area contributed by atoms with Gasteiger partial charge < -0.3 is 5.32 Å². The lowest BCUT2D eigenvalue weighted by Gasteiger charge is -2.19. The van der Waals surface area contributed by atoms with Gasteiger partial charge in [0, 0.05) is 18.5 Å². The molecule has 3 aromatic heterocycles. The summed E-state index contributed by atoms with van der Waals surface area (Å²) in [5.74, 6) is 0.810. The predicted molar refractivity (Wildman–Crippen MR) is 137 cm³/mol. The number of rotatable bonds is 6. The number of anilines is 1. The van der Waals surface area contributed by atoms with Crippen LogP contribution in [0, 0.1) is 25.7 Å². The Morgan fingerprint density at radius 2 is 2.03 bits per heavy atom. The Labute approximate surface area is 203 Å². The standard InChI is InChI=1S/C24H33N5O2S2/c1-12(2)11-29-23(31)19-17-9-8-13(3)10-18(17)33-22(19)26-24(29)32-16(6)21(30)25-20-14(4)27-28(7)15(20)5/h12-13,16H,8-11H2,1-7H3,(H,25,30). The van der Waals surface area contributed by atoms with E-state index in [1.807, 2.05) is 27.8 Å². The molecule has 0 saturated carbocycles. The molecular formula is C24H33N5O2S2. The molecule has 0 spiro atoms. The summed E-state index contributed by atoms with van der Waals surface area (Å²) in [5.41, 5.74) is 3.68. The summed E-state index contributed by atoms with van der Waals surface area (Å²) in [6, 6.07) is 0. The van der Waals surface area contributed by atoms with Crippen molar-refractivity contribution in [1.82, 2.24) is 19.3 Å². The number of carbonyl (C=O) groups is 1. The van der Waals surface area contributed by atoms with Gasteiger partial charge in [-0.15, -0.1) is 11.3 Å². The molecule has 4 rings (SSSR count). The van der Waals surface area contributed by atoms with Crippen molar-refractivity contribution in [1.29, 1.82) is 0 Å². The lowest BCUT2D eigenvalue weighted by Crippen LogP contribution is -2.28. The highest BCUT2D eigenvalue weighted by molar-refractivity contribution is 8.00. The van der Waals surface area contributed by atoms with Gasteiger partial charge in [-0.1, -0.05) is 32.5 Å². The van der Waals surface area contributed by atoms with Gasteiger partial charge in [-0.25, -0.2) is 4.98 Å². The minimum absolute atomic E-state index is 0.0369. The molecule has 33 heavy (non-hydrogen) atoms. The zero-order valence-corrected chi connectivity index (χ0v) is 22.1. The first kappa shape index (κ1) is 24.0. The third-order valence-corrected chi connectivity index (χ3v) is 8.57. The number of nitrogens with zero attached hydrogens (tertiary/aromatic N) is 4. The highest BCUT2D eigenvalue weighted by Gasteiger charge is 2.27. The summed E-state index contributed by atoms with van der Waals surface area (Å²) >= 11 is 3.01. The summed E-state index contributed by atoms with van der Waals surface area (Å²) in [4.78, 5) is 33.7. The zero-order valence-electron chi connectivity index (χ0n) is 20.5. The molecule has 1 aliphatic rings. The van der Waals surface area contributed by atoms with Crippen LogP contribution in [0.2, 0.25) is 0 Å². The van der Waals surface area contributed by atoms with Crippen molar-refractivity contribution < 1.29 is 4.79 Å². The SMILES string of the molecule is Cc1nn(C)c(C)c1NC(=O)C(C)Sc1nc2sc3c(c2c(=O)n1CC(C)C)CCC(C)C3. The second-order valence-corrected chi connectivity index (χ2v) is 12.0. The maximum absolute atomic E-state index is 13.6. The Bertz CT molecular complexity index is 1270. The number of hydrogen-bond donors (Lipinski definition) is 1. The minimum atomic E-state index is -0.415. The summed E-state index contributed by atoms with van der Waals surface area (Å²) in [7, 11) is 1.86. The van der Waals surface area contributed by atoms with E-state index < -0.39 is 5.25 Å². The molecule has 1 amide bonds. The van der Waals surface area contributed by atoms with Crippen molar-refractivity contribution in [3.05, 3.63) is 32.2 Å². The molecule has 9 heteroatoms. The smallest absolute Gasteiger partial charge is 0.263 e. The molecule has 0 bridgehead atoms. The van der Waals surface area contributed by atoms with E-state index in [9.17, 15) is 9.59 Å². The number of fused-ring (bicyclic) bond motifs is 3. The quantitative estimate of drug-likeness (QED) is 0.402. The van der Waals surface area contributed by atoms with E-state index in [1.54, 1.807) is 20.6 Å². The molecule has 1 N–H and O–H groups in total. The van der Waals surface area contributed by atoms with Gasteiger partial charge in [0.05, 0.1) is 27.7 Å². The second kappa shape index (κ2) is 9.25. The van der Waals surface area contributed by atoms with Crippen LogP contribution in [-0.2, 0) is 31.2 Å². The first-order chi connectivity index (χ1) is 15.6. The number of hydrogen-bond acceptors (Lipinski definition) is 6. The van der Waals surface area contributed by atoms with Crippen LogP contribution in [0.3, 0.4) is 0 Å². The Morgan fingerprint density at radius 1 is 1.30 bits per heavy atom.